The molecule has 6 heteroatoms. The van der Waals surface area contributed by atoms with E-state index in [9.17, 15) is 9.59 Å². The Hall–Kier alpha value is -1.14. The summed E-state index contributed by atoms with van der Waals surface area (Å²) in [6, 6.07) is 0.450. The maximum atomic E-state index is 11.7. The van der Waals surface area contributed by atoms with E-state index >= 15 is 0 Å². The molecule has 3 N–H and O–H groups in total. The third-order valence-corrected chi connectivity index (χ3v) is 3.86. The van der Waals surface area contributed by atoms with Gasteiger partial charge in [-0.2, -0.15) is 0 Å². The molecule has 1 aliphatic heterocycles. The molecule has 0 aliphatic carbocycles. The van der Waals surface area contributed by atoms with Crippen LogP contribution in [0.3, 0.4) is 0 Å². The Balaban J connectivity index is 2.12. The highest BCUT2D eigenvalue weighted by Crippen LogP contribution is 1.98. The van der Waals surface area contributed by atoms with Crippen LogP contribution in [0.1, 0.15) is 40.0 Å². The van der Waals surface area contributed by atoms with Crippen molar-refractivity contribution in [1.29, 1.82) is 0 Å². The number of rotatable bonds is 8. The second-order valence-electron chi connectivity index (χ2n) is 5.84. The van der Waals surface area contributed by atoms with Gasteiger partial charge < -0.3 is 20.3 Å². The molecule has 21 heavy (non-hydrogen) atoms. The Kier molecular flexibility index (Phi) is 8.30. The smallest absolute Gasteiger partial charge is 0.309 e. The third kappa shape index (κ3) is 6.91. The average molecular weight is 300 g/mol. The molecule has 1 rings (SSSR count). The van der Waals surface area contributed by atoms with Crippen LogP contribution < -0.4 is 15.5 Å². The number of hydrogen-bond acceptors (Lipinski definition) is 3. The van der Waals surface area contributed by atoms with Crippen molar-refractivity contribution in [3.8, 4) is 0 Å². The van der Waals surface area contributed by atoms with Crippen LogP contribution in [0.5, 0.6) is 0 Å². The van der Waals surface area contributed by atoms with E-state index in [4.69, 9.17) is 4.74 Å². The van der Waals surface area contributed by atoms with Crippen molar-refractivity contribution in [1.82, 2.24) is 10.6 Å². The third-order valence-electron chi connectivity index (χ3n) is 3.86. The van der Waals surface area contributed by atoms with Gasteiger partial charge in [0, 0.05) is 26.0 Å². The standard InChI is InChI=1S/C15H29N3O3/c1-4-18-9-5-7-13(18)11-17-15(20)14(19)16-8-6-10-21-12(2)3/h12-13H,4-11H2,1-3H3,(H,16,19)(H,17,20)/p+1/t13-/m0/s1. The molecule has 0 spiro atoms. The Bertz CT molecular complexity index is 334. The van der Waals surface area contributed by atoms with Crippen molar-refractivity contribution in [2.24, 2.45) is 0 Å². The van der Waals surface area contributed by atoms with Gasteiger partial charge in [-0.05, 0) is 27.2 Å². The molecule has 2 amide bonds. The summed E-state index contributed by atoms with van der Waals surface area (Å²) >= 11 is 0. The van der Waals surface area contributed by atoms with Crippen molar-refractivity contribution in [2.75, 3.05) is 32.8 Å². The van der Waals surface area contributed by atoms with E-state index in [1.54, 1.807) is 0 Å². The number of quaternary nitrogens is 1. The monoisotopic (exact) mass is 300 g/mol. The summed E-state index contributed by atoms with van der Waals surface area (Å²) in [6.45, 7) is 9.98. The first-order valence-electron chi connectivity index (χ1n) is 8.06. The maximum absolute atomic E-state index is 11.7. The van der Waals surface area contributed by atoms with E-state index < -0.39 is 11.8 Å². The molecule has 1 aliphatic rings. The van der Waals surface area contributed by atoms with E-state index in [2.05, 4.69) is 17.6 Å². The van der Waals surface area contributed by atoms with Crippen molar-refractivity contribution in [2.45, 2.75) is 52.2 Å². The quantitative estimate of drug-likeness (QED) is 0.402. The molecule has 2 atom stereocenters. The van der Waals surface area contributed by atoms with Crippen LogP contribution >= 0.6 is 0 Å². The summed E-state index contributed by atoms with van der Waals surface area (Å²) < 4.78 is 5.37. The first-order chi connectivity index (χ1) is 10.0. The van der Waals surface area contributed by atoms with Gasteiger partial charge in [0.05, 0.1) is 25.7 Å². The Morgan fingerprint density at radius 3 is 2.67 bits per heavy atom. The number of amides is 2. The lowest BCUT2D eigenvalue weighted by Crippen LogP contribution is -3.14. The highest BCUT2D eigenvalue weighted by molar-refractivity contribution is 6.35. The maximum Gasteiger partial charge on any atom is 0.309 e. The summed E-state index contributed by atoms with van der Waals surface area (Å²) in [5.41, 5.74) is 0. The number of nitrogens with one attached hydrogen (secondary N) is 3. The van der Waals surface area contributed by atoms with Crippen molar-refractivity contribution in [3.63, 3.8) is 0 Å². The van der Waals surface area contributed by atoms with E-state index in [-0.39, 0.29) is 6.10 Å². The molecule has 0 aromatic heterocycles. The van der Waals surface area contributed by atoms with Gasteiger partial charge in [0.1, 0.15) is 6.04 Å². The predicted octanol–water partition coefficient (Wildman–Crippen LogP) is -0.899. The number of ether oxygens (including phenoxy) is 1. The van der Waals surface area contributed by atoms with Gasteiger partial charge in [-0.25, -0.2) is 0 Å². The summed E-state index contributed by atoms with van der Waals surface area (Å²) in [5, 5.41) is 5.36. The molecule has 0 radical (unpaired) electrons. The Morgan fingerprint density at radius 2 is 2.00 bits per heavy atom. The van der Waals surface area contributed by atoms with E-state index in [0.29, 0.717) is 32.2 Å². The van der Waals surface area contributed by atoms with Gasteiger partial charge in [-0.1, -0.05) is 0 Å². The molecule has 0 saturated carbocycles. The van der Waals surface area contributed by atoms with Gasteiger partial charge in [-0.3, -0.25) is 9.59 Å². The lowest BCUT2D eigenvalue weighted by atomic mass is 10.2. The highest BCUT2D eigenvalue weighted by Gasteiger charge is 2.27. The SMILES string of the molecule is CC[NH+]1CCC[C@H]1CNC(=O)C(=O)NCCCOC(C)C. The summed E-state index contributed by atoms with van der Waals surface area (Å²) in [7, 11) is 0. The van der Waals surface area contributed by atoms with Crippen LogP contribution in [-0.2, 0) is 14.3 Å². The van der Waals surface area contributed by atoms with Gasteiger partial charge in [0.15, 0.2) is 0 Å². The van der Waals surface area contributed by atoms with Crippen LogP contribution in [0.4, 0.5) is 0 Å². The molecule has 0 bridgehead atoms. The number of likely N-dealkylation sites (N-methyl/N-ethyl adjacent to an activating group) is 1. The first kappa shape index (κ1) is 17.9. The van der Waals surface area contributed by atoms with Gasteiger partial charge in [0.2, 0.25) is 0 Å². The van der Waals surface area contributed by atoms with Crippen LogP contribution in [0.25, 0.3) is 0 Å². The molecule has 1 heterocycles. The van der Waals surface area contributed by atoms with Crippen molar-refractivity contribution in [3.05, 3.63) is 0 Å². The van der Waals surface area contributed by atoms with Crippen molar-refractivity contribution >= 4 is 11.8 Å². The molecular formula is C15H30N3O3+. The summed E-state index contributed by atoms with van der Waals surface area (Å²) in [5.74, 6) is -1.07. The van der Waals surface area contributed by atoms with Crippen LogP contribution in [0.2, 0.25) is 0 Å². The fourth-order valence-corrected chi connectivity index (χ4v) is 2.67. The largest absolute Gasteiger partial charge is 0.379 e. The highest BCUT2D eigenvalue weighted by atomic mass is 16.5. The van der Waals surface area contributed by atoms with Gasteiger partial charge >= 0.3 is 11.8 Å². The Labute approximate surface area is 127 Å². The number of likely N-dealkylation sites (tertiary alicyclic amines) is 1. The van der Waals surface area contributed by atoms with Crippen LogP contribution in [0.15, 0.2) is 0 Å². The molecule has 1 saturated heterocycles. The summed E-state index contributed by atoms with van der Waals surface area (Å²) in [6.07, 6.45) is 3.23. The topological polar surface area (TPSA) is 71.9 Å². The fraction of sp³-hybridized carbons (Fsp3) is 0.867. The zero-order valence-corrected chi connectivity index (χ0v) is 13.5. The van der Waals surface area contributed by atoms with Crippen LogP contribution in [-0.4, -0.2) is 56.7 Å². The molecule has 122 valence electrons. The minimum absolute atomic E-state index is 0.194. The second kappa shape index (κ2) is 9.73. The zero-order chi connectivity index (χ0) is 15.7. The van der Waals surface area contributed by atoms with E-state index in [1.807, 2.05) is 13.8 Å². The first-order valence-corrected chi connectivity index (χ1v) is 8.06. The fourth-order valence-electron chi connectivity index (χ4n) is 2.67. The zero-order valence-electron chi connectivity index (χ0n) is 13.5. The molecule has 6 nitrogen and oxygen atoms in total. The minimum Gasteiger partial charge on any atom is -0.379 e. The molecule has 0 aromatic rings. The molecule has 1 unspecified atom stereocenters. The normalized spacial score (nSPS) is 21.5. The molecule has 0 aromatic carbocycles. The van der Waals surface area contributed by atoms with Gasteiger partial charge in [0.25, 0.3) is 0 Å². The average Bonchev–Trinajstić information content (AvgIpc) is 2.91. The lowest BCUT2D eigenvalue weighted by molar-refractivity contribution is -0.909. The van der Waals surface area contributed by atoms with E-state index in [1.165, 1.54) is 17.9 Å². The minimum atomic E-state index is -0.546. The molecule has 1 fully saturated rings. The van der Waals surface area contributed by atoms with E-state index in [0.717, 1.165) is 13.0 Å². The predicted molar refractivity (Wildman–Crippen MR) is 81.1 cm³/mol. The van der Waals surface area contributed by atoms with Crippen LogP contribution in [0, 0.1) is 0 Å². The van der Waals surface area contributed by atoms with Gasteiger partial charge in [-0.15, -0.1) is 0 Å². The lowest BCUT2D eigenvalue weighted by Gasteiger charge is -2.19. The van der Waals surface area contributed by atoms with Crippen molar-refractivity contribution < 1.29 is 19.2 Å². The second-order valence-corrected chi connectivity index (χ2v) is 5.84. The Morgan fingerprint density at radius 1 is 1.29 bits per heavy atom. The number of hydrogen-bond donors (Lipinski definition) is 3. The number of carbonyl (C=O) groups excluding carboxylic acids is 2. The molecular weight excluding hydrogens is 270 g/mol. The summed E-state index contributed by atoms with van der Waals surface area (Å²) in [4.78, 5) is 24.8. The number of carbonyl (C=O) groups is 2.